The molecule has 0 aliphatic heterocycles. The van der Waals surface area contributed by atoms with Gasteiger partial charge in [-0.2, -0.15) is 0 Å². The van der Waals surface area contributed by atoms with Crippen molar-refractivity contribution < 1.29 is 19.1 Å². The Balaban J connectivity index is 1.77. The summed E-state index contributed by atoms with van der Waals surface area (Å²) in [4.78, 5) is 28.7. The number of anilines is 1. The molecule has 0 radical (unpaired) electrons. The fourth-order valence-electron chi connectivity index (χ4n) is 2.80. The average Bonchev–Trinajstić information content (AvgIpc) is 2.79. The zero-order chi connectivity index (χ0) is 22.2. The van der Waals surface area contributed by atoms with Crippen LogP contribution < -0.4 is 20.1 Å². The predicted molar refractivity (Wildman–Crippen MR) is 119 cm³/mol. The third-order valence-electron chi connectivity index (χ3n) is 4.32. The van der Waals surface area contributed by atoms with Crippen molar-refractivity contribution in [2.24, 2.45) is 0 Å². The Labute approximate surface area is 185 Å². The van der Waals surface area contributed by atoms with E-state index in [1.807, 2.05) is 19.1 Å². The van der Waals surface area contributed by atoms with E-state index in [0.29, 0.717) is 41.0 Å². The molecule has 0 bridgehead atoms. The molecule has 3 aromatic rings. The Hall–Kier alpha value is -3.58. The minimum absolute atomic E-state index is 0.274. The predicted octanol–water partition coefficient (Wildman–Crippen LogP) is 4.32. The Kier molecular flexibility index (Phi) is 7.45. The van der Waals surface area contributed by atoms with Crippen LogP contribution >= 0.6 is 11.6 Å². The van der Waals surface area contributed by atoms with Crippen molar-refractivity contribution in [1.29, 1.82) is 0 Å². The molecule has 7 nitrogen and oxygen atoms in total. The number of halogens is 1. The maximum atomic E-state index is 12.7. The lowest BCUT2D eigenvalue weighted by Crippen LogP contribution is -2.19. The first-order valence-electron chi connectivity index (χ1n) is 9.63. The number of hydrogen-bond donors (Lipinski definition) is 2. The first kappa shape index (κ1) is 22.1. The molecule has 0 aliphatic carbocycles. The van der Waals surface area contributed by atoms with Crippen LogP contribution in [0.15, 0.2) is 60.9 Å². The summed E-state index contributed by atoms with van der Waals surface area (Å²) in [5.41, 5.74) is 2.02. The molecular weight excluding hydrogens is 418 g/mol. The number of nitrogens with one attached hydrogen (secondary N) is 2. The van der Waals surface area contributed by atoms with Crippen molar-refractivity contribution in [3.8, 4) is 11.5 Å². The summed E-state index contributed by atoms with van der Waals surface area (Å²) >= 11 is 6.06. The second-order valence-electron chi connectivity index (χ2n) is 6.47. The number of aromatic nitrogens is 1. The molecule has 1 heterocycles. The summed E-state index contributed by atoms with van der Waals surface area (Å²) < 4.78 is 11.5. The summed E-state index contributed by atoms with van der Waals surface area (Å²) in [6, 6.07) is 13.4. The second-order valence-corrected chi connectivity index (χ2v) is 6.88. The number of rotatable bonds is 8. The Morgan fingerprint density at radius 2 is 1.87 bits per heavy atom. The van der Waals surface area contributed by atoms with Gasteiger partial charge in [-0.1, -0.05) is 17.7 Å². The van der Waals surface area contributed by atoms with E-state index in [1.54, 1.807) is 42.7 Å². The minimum atomic E-state index is -0.357. The van der Waals surface area contributed by atoms with Crippen LogP contribution in [0.3, 0.4) is 0 Å². The summed E-state index contributed by atoms with van der Waals surface area (Å²) in [7, 11) is 1.51. The van der Waals surface area contributed by atoms with Crippen LogP contribution in [0, 0.1) is 0 Å². The van der Waals surface area contributed by atoms with E-state index in [1.165, 1.54) is 13.1 Å². The van der Waals surface area contributed by atoms with E-state index >= 15 is 0 Å². The number of pyridine rings is 1. The molecule has 0 saturated heterocycles. The molecular formula is C23H22ClN3O4. The monoisotopic (exact) mass is 439 g/mol. The number of hydrogen-bond acceptors (Lipinski definition) is 5. The van der Waals surface area contributed by atoms with Crippen molar-refractivity contribution in [2.75, 3.05) is 19.0 Å². The second kappa shape index (κ2) is 10.4. The van der Waals surface area contributed by atoms with Crippen molar-refractivity contribution >= 4 is 29.1 Å². The lowest BCUT2D eigenvalue weighted by molar-refractivity contribution is 0.0961. The summed E-state index contributed by atoms with van der Waals surface area (Å²) in [5, 5.41) is 5.58. The fraction of sp³-hybridized carbons (Fsp3) is 0.174. The molecule has 0 spiro atoms. The summed E-state index contributed by atoms with van der Waals surface area (Å²) in [6.07, 6.45) is 3.42. The SMILES string of the molecule is CCOc1cc(C(=O)Nc2ccc(Cl)c(C(=O)NC)c2)ccc1OCc1cccnc1. The number of carbonyl (C=O) groups excluding carboxylic acids is 2. The van der Waals surface area contributed by atoms with Crippen molar-refractivity contribution in [2.45, 2.75) is 13.5 Å². The van der Waals surface area contributed by atoms with Gasteiger partial charge in [-0.05, 0) is 49.4 Å². The molecule has 160 valence electrons. The molecule has 8 heteroatoms. The van der Waals surface area contributed by atoms with Gasteiger partial charge < -0.3 is 20.1 Å². The molecule has 0 saturated carbocycles. The van der Waals surface area contributed by atoms with Gasteiger partial charge in [0.15, 0.2) is 11.5 Å². The van der Waals surface area contributed by atoms with Crippen LogP contribution in [0.4, 0.5) is 5.69 Å². The zero-order valence-electron chi connectivity index (χ0n) is 17.1. The van der Waals surface area contributed by atoms with Gasteiger partial charge in [0.2, 0.25) is 0 Å². The van der Waals surface area contributed by atoms with Crippen LogP contribution in [0.1, 0.15) is 33.2 Å². The first-order chi connectivity index (χ1) is 15.0. The largest absolute Gasteiger partial charge is 0.490 e. The van der Waals surface area contributed by atoms with Gasteiger partial charge in [0.25, 0.3) is 11.8 Å². The molecule has 1 aromatic heterocycles. The molecule has 0 atom stereocenters. The molecule has 31 heavy (non-hydrogen) atoms. The molecule has 0 aliphatic rings. The lowest BCUT2D eigenvalue weighted by atomic mass is 10.1. The van der Waals surface area contributed by atoms with E-state index < -0.39 is 0 Å². The number of nitrogens with zero attached hydrogens (tertiary/aromatic N) is 1. The van der Waals surface area contributed by atoms with Crippen LogP contribution in [-0.2, 0) is 6.61 Å². The Morgan fingerprint density at radius 1 is 1.03 bits per heavy atom. The summed E-state index contributed by atoms with van der Waals surface area (Å²) in [5.74, 6) is 0.289. The van der Waals surface area contributed by atoms with E-state index in [-0.39, 0.29) is 17.4 Å². The van der Waals surface area contributed by atoms with Gasteiger partial charge >= 0.3 is 0 Å². The summed E-state index contributed by atoms with van der Waals surface area (Å²) in [6.45, 7) is 2.60. The van der Waals surface area contributed by atoms with Gasteiger partial charge in [0.05, 0.1) is 17.2 Å². The third kappa shape index (κ3) is 5.73. The number of ether oxygens (including phenoxy) is 2. The van der Waals surface area contributed by atoms with Crippen LogP contribution in [0.2, 0.25) is 5.02 Å². The highest BCUT2D eigenvalue weighted by Crippen LogP contribution is 2.30. The van der Waals surface area contributed by atoms with E-state index in [2.05, 4.69) is 15.6 Å². The molecule has 0 unspecified atom stereocenters. The first-order valence-corrected chi connectivity index (χ1v) is 10.0. The normalized spacial score (nSPS) is 10.3. The molecule has 0 fully saturated rings. The van der Waals surface area contributed by atoms with Gasteiger partial charge in [-0.25, -0.2) is 0 Å². The Bertz CT molecular complexity index is 1070. The topological polar surface area (TPSA) is 89.5 Å². The fourth-order valence-corrected chi connectivity index (χ4v) is 3.00. The Morgan fingerprint density at radius 3 is 2.58 bits per heavy atom. The van der Waals surface area contributed by atoms with Crippen molar-refractivity contribution in [3.63, 3.8) is 0 Å². The standard InChI is InChI=1S/C23H22ClN3O4/c1-3-30-21-11-16(6-9-20(21)31-14-15-5-4-10-26-13-15)22(28)27-17-7-8-19(24)18(12-17)23(29)25-2/h4-13H,3,14H2,1-2H3,(H,25,29)(H,27,28). The van der Waals surface area contributed by atoms with Gasteiger partial charge in [0, 0.05) is 36.3 Å². The maximum absolute atomic E-state index is 12.7. The van der Waals surface area contributed by atoms with Crippen molar-refractivity contribution in [3.05, 3.63) is 82.6 Å². The number of amides is 2. The van der Waals surface area contributed by atoms with E-state index in [0.717, 1.165) is 5.56 Å². The van der Waals surface area contributed by atoms with Crippen LogP contribution in [0.25, 0.3) is 0 Å². The molecule has 3 rings (SSSR count). The van der Waals surface area contributed by atoms with Gasteiger partial charge in [-0.3, -0.25) is 14.6 Å². The molecule has 2 N–H and O–H groups in total. The van der Waals surface area contributed by atoms with Crippen LogP contribution in [-0.4, -0.2) is 30.5 Å². The lowest BCUT2D eigenvalue weighted by Gasteiger charge is -2.14. The van der Waals surface area contributed by atoms with Crippen molar-refractivity contribution in [1.82, 2.24) is 10.3 Å². The third-order valence-corrected chi connectivity index (χ3v) is 4.65. The van der Waals surface area contributed by atoms with Gasteiger partial charge in [0.1, 0.15) is 6.61 Å². The van der Waals surface area contributed by atoms with Gasteiger partial charge in [-0.15, -0.1) is 0 Å². The number of benzene rings is 2. The highest BCUT2D eigenvalue weighted by molar-refractivity contribution is 6.34. The quantitative estimate of drug-likeness (QED) is 0.545. The smallest absolute Gasteiger partial charge is 0.255 e. The molecule has 2 amide bonds. The highest BCUT2D eigenvalue weighted by Gasteiger charge is 2.14. The average molecular weight is 440 g/mol. The highest BCUT2D eigenvalue weighted by atomic mass is 35.5. The zero-order valence-corrected chi connectivity index (χ0v) is 17.9. The van der Waals surface area contributed by atoms with Crippen LogP contribution in [0.5, 0.6) is 11.5 Å². The van der Waals surface area contributed by atoms with E-state index in [4.69, 9.17) is 21.1 Å². The maximum Gasteiger partial charge on any atom is 0.255 e. The minimum Gasteiger partial charge on any atom is -0.490 e. The van der Waals surface area contributed by atoms with E-state index in [9.17, 15) is 9.59 Å². The number of carbonyl (C=O) groups is 2. The molecule has 2 aromatic carbocycles.